The van der Waals surface area contributed by atoms with Crippen LogP contribution in [-0.2, 0) is 23.1 Å². The van der Waals surface area contributed by atoms with Crippen LogP contribution < -0.4 is 0 Å². The van der Waals surface area contributed by atoms with Gasteiger partial charge in [0, 0.05) is 7.05 Å². The molecular formula is C11H19N3O3. The second-order valence-electron chi connectivity index (χ2n) is 4.60. The van der Waals surface area contributed by atoms with Gasteiger partial charge < -0.3 is 9.47 Å². The van der Waals surface area contributed by atoms with Crippen molar-refractivity contribution >= 4 is 5.97 Å². The van der Waals surface area contributed by atoms with Gasteiger partial charge in [-0.05, 0) is 27.7 Å². The van der Waals surface area contributed by atoms with Crippen molar-refractivity contribution in [1.82, 2.24) is 14.8 Å². The second kappa shape index (κ2) is 5.27. The summed E-state index contributed by atoms with van der Waals surface area (Å²) in [7, 11) is 1.72. The van der Waals surface area contributed by atoms with Crippen molar-refractivity contribution in [2.75, 3.05) is 6.61 Å². The molecule has 0 aliphatic heterocycles. The number of aryl methyl sites for hydroxylation is 1. The van der Waals surface area contributed by atoms with Gasteiger partial charge in [0.05, 0.1) is 12.2 Å². The molecule has 1 heterocycles. The number of nitrogens with zero attached hydrogens (tertiary/aromatic N) is 3. The van der Waals surface area contributed by atoms with Gasteiger partial charge >= 0.3 is 5.97 Å². The van der Waals surface area contributed by atoms with Crippen LogP contribution in [0.3, 0.4) is 0 Å². The molecular weight excluding hydrogens is 222 g/mol. The molecule has 0 amide bonds. The lowest BCUT2D eigenvalue weighted by molar-refractivity contribution is -0.0193. The topological polar surface area (TPSA) is 66.2 Å². The van der Waals surface area contributed by atoms with Gasteiger partial charge in [0.15, 0.2) is 5.82 Å². The van der Waals surface area contributed by atoms with E-state index in [0.29, 0.717) is 19.0 Å². The Morgan fingerprint density at radius 2 is 2.06 bits per heavy atom. The van der Waals surface area contributed by atoms with Crippen LogP contribution in [0.2, 0.25) is 0 Å². The van der Waals surface area contributed by atoms with Crippen LogP contribution in [0.15, 0.2) is 0 Å². The van der Waals surface area contributed by atoms with Crippen molar-refractivity contribution in [1.29, 1.82) is 0 Å². The van der Waals surface area contributed by atoms with E-state index in [4.69, 9.17) is 9.47 Å². The van der Waals surface area contributed by atoms with Gasteiger partial charge in [-0.25, -0.2) is 9.78 Å². The molecule has 0 radical (unpaired) electrons. The SMILES string of the molecule is CCOC(=O)c1nc(COC(C)(C)C)n(C)n1. The third kappa shape index (κ3) is 4.14. The number of rotatable bonds is 4. The highest BCUT2D eigenvalue weighted by molar-refractivity contribution is 5.84. The van der Waals surface area contributed by atoms with E-state index >= 15 is 0 Å². The molecule has 0 aliphatic rings. The van der Waals surface area contributed by atoms with Crippen molar-refractivity contribution in [2.45, 2.75) is 39.9 Å². The molecule has 6 heteroatoms. The monoisotopic (exact) mass is 241 g/mol. The van der Waals surface area contributed by atoms with Crippen LogP contribution in [0.25, 0.3) is 0 Å². The lowest BCUT2D eigenvalue weighted by Gasteiger charge is -2.18. The van der Waals surface area contributed by atoms with Crippen LogP contribution in [0.4, 0.5) is 0 Å². The first-order chi connectivity index (χ1) is 7.83. The van der Waals surface area contributed by atoms with Gasteiger partial charge in [-0.3, -0.25) is 4.68 Å². The van der Waals surface area contributed by atoms with Crippen molar-refractivity contribution in [3.63, 3.8) is 0 Å². The molecule has 96 valence electrons. The number of aromatic nitrogens is 3. The first-order valence-corrected chi connectivity index (χ1v) is 5.54. The van der Waals surface area contributed by atoms with Crippen LogP contribution in [0.1, 0.15) is 44.1 Å². The predicted octanol–water partition coefficient (Wildman–Crippen LogP) is 1.31. The molecule has 0 saturated carbocycles. The third-order valence-electron chi connectivity index (χ3n) is 1.95. The minimum absolute atomic E-state index is 0.0712. The lowest BCUT2D eigenvalue weighted by Crippen LogP contribution is -2.20. The number of carbonyl (C=O) groups is 1. The number of hydrogen-bond donors (Lipinski definition) is 0. The summed E-state index contributed by atoms with van der Waals surface area (Å²) < 4.78 is 11.9. The molecule has 0 fully saturated rings. The van der Waals surface area contributed by atoms with Crippen LogP contribution in [0, 0.1) is 0 Å². The maximum atomic E-state index is 11.4. The highest BCUT2D eigenvalue weighted by Crippen LogP contribution is 2.10. The molecule has 0 aromatic carbocycles. The third-order valence-corrected chi connectivity index (χ3v) is 1.95. The highest BCUT2D eigenvalue weighted by Gasteiger charge is 2.18. The Balaban J connectivity index is 2.72. The summed E-state index contributed by atoms with van der Waals surface area (Å²) in [6, 6.07) is 0. The van der Waals surface area contributed by atoms with Crippen molar-refractivity contribution in [2.24, 2.45) is 7.05 Å². The fourth-order valence-corrected chi connectivity index (χ4v) is 1.11. The van der Waals surface area contributed by atoms with Crippen LogP contribution in [-0.4, -0.2) is 32.9 Å². The Morgan fingerprint density at radius 3 is 2.59 bits per heavy atom. The zero-order chi connectivity index (χ0) is 13.1. The Hall–Kier alpha value is -1.43. The molecule has 1 aromatic heterocycles. The zero-order valence-corrected chi connectivity index (χ0v) is 11.0. The van der Waals surface area contributed by atoms with Crippen molar-refractivity contribution in [3.05, 3.63) is 11.6 Å². The summed E-state index contributed by atoms with van der Waals surface area (Å²) in [6.45, 7) is 8.22. The number of esters is 1. The Kier molecular flexibility index (Phi) is 4.22. The van der Waals surface area contributed by atoms with E-state index in [-0.39, 0.29) is 11.4 Å². The van der Waals surface area contributed by atoms with E-state index < -0.39 is 5.97 Å². The van der Waals surface area contributed by atoms with Gasteiger partial charge in [0.25, 0.3) is 5.82 Å². The summed E-state index contributed by atoms with van der Waals surface area (Å²) in [5, 5.41) is 3.98. The molecule has 0 saturated heterocycles. The summed E-state index contributed by atoms with van der Waals surface area (Å²) in [5.41, 5.74) is -0.254. The van der Waals surface area contributed by atoms with Gasteiger partial charge in [0.1, 0.15) is 6.61 Å². The van der Waals surface area contributed by atoms with Crippen molar-refractivity contribution < 1.29 is 14.3 Å². The molecule has 1 aromatic rings. The van der Waals surface area contributed by atoms with E-state index in [1.807, 2.05) is 20.8 Å². The molecule has 0 N–H and O–H groups in total. The molecule has 0 bridgehead atoms. The van der Waals surface area contributed by atoms with E-state index in [2.05, 4.69) is 10.1 Å². The van der Waals surface area contributed by atoms with E-state index in [9.17, 15) is 4.79 Å². The smallest absolute Gasteiger partial charge is 0.378 e. The molecule has 17 heavy (non-hydrogen) atoms. The summed E-state index contributed by atoms with van der Waals surface area (Å²) in [5.74, 6) is 0.162. The Labute approximate surface area is 101 Å². The minimum atomic E-state index is -0.509. The largest absolute Gasteiger partial charge is 0.460 e. The van der Waals surface area contributed by atoms with E-state index in [1.54, 1.807) is 14.0 Å². The van der Waals surface area contributed by atoms with E-state index in [1.165, 1.54) is 4.68 Å². The standard InChI is InChI=1S/C11H19N3O3/c1-6-16-10(15)9-12-8(14(5)13-9)7-17-11(2,3)4/h6-7H2,1-5H3. The molecule has 0 spiro atoms. The first kappa shape index (κ1) is 13.6. The zero-order valence-electron chi connectivity index (χ0n) is 11.0. The van der Waals surface area contributed by atoms with Gasteiger partial charge in [-0.1, -0.05) is 0 Å². The molecule has 0 atom stereocenters. The summed E-state index contributed by atoms with van der Waals surface area (Å²) in [6.07, 6.45) is 0. The maximum absolute atomic E-state index is 11.4. The average molecular weight is 241 g/mol. The first-order valence-electron chi connectivity index (χ1n) is 5.54. The van der Waals surface area contributed by atoms with Crippen LogP contribution in [0.5, 0.6) is 0 Å². The molecule has 1 rings (SSSR count). The van der Waals surface area contributed by atoms with Gasteiger partial charge in [-0.2, -0.15) is 0 Å². The fraction of sp³-hybridized carbons (Fsp3) is 0.727. The molecule has 0 aliphatic carbocycles. The maximum Gasteiger partial charge on any atom is 0.378 e. The number of ether oxygens (including phenoxy) is 2. The lowest BCUT2D eigenvalue weighted by atomic mass is 10.2. The predicted molar refractivity (Wildman–Crippen MR) is 61.5 cm³/mol. The Bertz CT molecular complexity index is 393. The van der Waals surface area contributed by atoms with E-state index in [0.717, 1.165) is 0 Å². The Morgan fingerprint density at radius 1 is 1.41 bits per heavy atom. The normalized spacial score (nSPS) is 11.6. The summed E-state index contributed by atoms with van der Waals surface area (Å²) in [4.78, 5) is 15.5. The minimum Gasteiger partial charge on any atom is -0.460 e. The van der Waals surface area contributed by atoms with Gasteiger partial charge in [0.2, 0.25) is 0 Å². The quantitative estimate of drug-likeness (QED) is 0.743. The van der Waals surface area contributed by atoms with Crippen LogP contribution >= 0.6 is 0 Å². The number of carbonyl (C=O) groups excluding carboxylic acids is 1. The summed E-state index contributed by atoms with van der Waals surface area (Å²) >= 11 is 0. The molecule has 0 unspecified atom stereocenters. The average Bonchev–Trinajstić information content (AvgIpc) is 2.56. The highest BCUT2D eigenvalue weighted by atomic mass is 16.5. The number of hydrogen-bond acceptors (Lipinski definition) is 5. The van der Waals surface area contributed by atoms with Gasteiger partial charge in [-0.15, -0.1) is 5.10 Å². The second-order valence-corrected chi connectivity index (χ2v) is 4.60. The fourth-order valence-electron chi connectivity index (χ4n) is 1.11. The molecule has 6 nitrogen and oxygen atoms in total. The van der Waals surface area contributed by atoms with Crippen molar-refractivity contribution in [3.8, 4) is 0 Å².